The molecular weight excluding hydrogens is 342 g/mol. The number of likely N-dealkylation sites (tertiary alicyclic amines) is 1. The second-order valence-electron chi connectivity index (χ2n) is 6.58. The first-order chi connectivity index (χ1) is 11.6. The Morgan fingerprint density at radius 3 is 2.71 bits per heavy atom. The largest absolute Gasteiger partial charge is 0.396 e. The summed E-state index contributed by atoms with van der Waals surface area (Å²) in [7, 11) is 0. The molecule has 1 aromatic heterocycles. The Morgan fingerprint density at radius 1 is 1.25 bits per heavy atom. The van der Waals surface area contributed by atoms with E-state index in [0.717, 1.165) is 32.2 Å². The van der Waals surface area contributed by atoms with Crippen LogP contribution in [0.3, 0.4) is 0 Å². The molecule has 5 heteroatoms. The molecule has 1 aliphatic heterocycles. The minimum Gasteiger partial charge on any atom is -0.396 e. The van der Waals surface area contributed by atoms with Crippen LogP contribution >= 0.6 is 22.9 Å². The molecule has 0 radical (unpaired) electrons. The molecule has 3 rings (SSSR count). The Bertz CT molecular complexity index is 688. The zero-order chi connectivity index (χ0) is 17.0. The molecule has 0 unspecified atom stereocenters. The summed E-state index contributed by atoms with van der Waals surface area (Å²) in [4.78, 5) is 15.2. The third kappa shape index (κ3) is 4.00. The number of benzene rings is 1. The van der Waals surface area contributed by atoms with Crippen LogP contribution in [0.4, 0.5) is 0 Å². The van der Waals surface area contributed by atoms with Gasteiger partial charge in [-0.1, -0.05) is 41.9 Å². The van der Waals surface area contributed by atoms with Crippen LogP contribution in [0.15, 0.2) is 42.5 Å². The maximum absolute atomic E-state index is 12.7. The highest BCUT2D eigenvalue weighted by Gasteiger charge is 2.36. The summed E-state index contributed by atoms with van der Waals surface area (Å²) in [5.41, 5.74) is 1.07. The van der Waals surface area contributed by atoms with Gasteiger partial charge in [-0.25, -0.2) is 0 Å². The van der Waals surface area contributed by atoms with E-state index in [0.29, 0.717) is 15.8 Å². The van der Waals surface area contributed by atoms with Crippen molar-refractivity contribution in [3.8, 4) is 0 Å². The molecule has 1 saturated heterocycles. The molecule has 2 heterocycles. The number of hydrogen-bond acceptors (Lipinski definition) is 3. The monoisotopic (exact) mass is 363 g/mol. The van der Waals surface area contributed by atoms with E-state index in [-0.39, 0.29) is 17.9 Å². The molecule has 1 aromatic carbocycles. The SMILES string of the molecule is O=C(c1ccc(Cl)s1)N1CCC[C@](CO)(CCc2ccccc2)C1. The number of carbonyl (C=O) groups excluding carboxylic acids is 1. The standard InChI is InChI=1S/C19H22ClNO2S/c20-17-8-7-16(24-17)18(23)21-12-4-10-19(13-21,14-22)11-9-15-5-2-1-3-6-15/h1-3,5-8,22H,4,9-14H2/t19-/m0/s1. The van der Waals surface area contributed by atoms with Crippen LogP contribution in [0.2, 0.25) is 4.34 Å². The molecule has 128 valence electrons. The minimum absolute atomic E-state index is 0.0316. The number of halogens is 1. The van der Waals surface area contributed by atoms with Crippen molar-refractivity contribution in [2.45, 2.75) is 25.7 Å². The maximum Gasteiger partial charge on any atom is 0.263 e. The summed E-state index contributed by atoms with van der Waals surface area (Å²) in [5, 5.41) is 10.0. The van der Waals surface area contributed by atoms with E-state index in [2.05, 4.69) is 12.1 Å². The van der Waals surface area contributed by atoms with Gasteiger partial charge >= 0.3 is 0 Å². The van der Waals surface area contributed by atoms with E-state index in [1.165, 1.54) is 16.9 Å². The van der Waals surface area contributed by atoms with Gasteiger partial charge in [-0.15, -0.1) is 11.3 Å². The van der Waals surface area contributed by atoms with Crippen LogP contribution in [-0.4, -0.2) is 35.6 Å². The van der Waals surface area contributed by atoms with Crippen LogP contribution in [0.25, 0.3) is 0 Å². The van der Waals surface area contributed by atoms with E-state index >= 15 is 0 Å². The van der Waals surface area contributed by atoms with Crippen molar-refractivity contribution in [2.24, 2.45) is 5.41 Å². The molecular formula is C19H22ClNO2S. The Kier molecular flexibility index (Phi) is 5.59. The predicted molar refractivity (Wildman–Crippen MR) is 98.7 cm³/mol. The Balaban J connectivity index is 1.68. The predicted octanol–water partition coefficient (Wildman–Crippen LogP) is 4.25. The zero-order valence-corrected chi connectivity index (χ0v) is 15.2. The Morgan fingerprint density at radius 2 is 2.04 bits per heavy atom. The molecule has 1 fully saturated rings. The smallest absolute Gasteiger partial charge is 0.263 e. The normalized spacial score (nSPS) is 21.0. The molecule has 1 amide bonds. The van der Waals surface area contributed by atoms with Crippen LogP contribution in [0, 0.1) is 5.41 Å². The fraction of sp³-hybridized carbons (Fsp3) is 0.421. The fourth-order valence-electron chi connectivity index (χ4n) is 3.43. The lowest BCUT2D eigenvalue weighted by Crippen LogP contribution is -2.48. The number of aliphatic hydroxyl groups excluding tert-OH is 1. The number of rotatable bonds is 5. The van der Waals surface area contributed by atoms with Gasteiger partial charge in [-0.3, -0.25) is 4.79 Å². The van der Waals surface area contributed by atoms with Gasteiger partial charge in [0.1, 0.15) is 0 Å². The molecule has 1 N–H and O–H groups in total. The molecule has 3 nitrogen and oxygen atoms in total. The van der Waals surface area contributed by atoms with Gasteiger partial charge in [0, 0.05) is 18.5 Å². The van der Waals surface area contributed by atoms with Crippen LogP contribution in [0.5, 0.6) is 0 Å². The lowest BCUT2D eigenvalue weighted by atomic mass is 9.76. The van der Waals surface area contributed by atoms with Gasteiger partial charge in [-0.2, -0.15) is 0 Å². The van der Waals surface area contributed by atoms with Gasteiger partial charge in [0.15, 0.2) is 0 Å². The van der Waals surface area contributed by atoms with E-state index in [9.17, 15) is 9.90 Å². The number of nitrogens with zero attached hydrogens (tertiary/aromatic N) is 1. The van der Waals surface area contributed by atoms with E-state index < -0.39 is 0 Å². The summed E-state index contributed by atoms with van der Waals surface area (Å²) in [5.74, 6) is 0.0316. The first-order valence-electron chi connectivity index (χ1n) is 8.31. The summed E-state index contributed by atoms with van der Waals surface area (Å²) < 4.78 is 0.632. The molecule has 0 bridgehead atoms. The van der Waals surface area contributed by atoms with Crippen molar-refractivity contribution in [3.05, 3.63) is 57.2 Å². The van der Waals surface area contributed by atoms with Gasteiger partial charge in [0.05, 0.1) is 15.8 Å². The number of thiophene rings is 1. The van der Waals surface area contributed by atoms with E-state index in [1.54, 1.807) is 12.1 Å². The molecule has 2 aromatic rings. The summed E-state index contributed by atoms with van der Waals surface area (Å²) in [6, 6.07) is 13.9. The lowest BCUT2D eigenvalue weighted by molar-refractivity contribution is 0.0231. The number of aryl methyl sites for hydroxylation is 1. The number of carbonyl (C=O) groups is 1. The number of piperidine rings is 1. The number of hydrogen-bond donors (Lipinski definition) is 1. The first-order valence-corrected chi connectivity index (χ1v) is 9.51. The third-order valence-corrected chi connectivity index (χ3v) is 6.07. The highest BCUT2D eigenvalue weighted by atomic mass is 35.5. The number of amides is 1. The van der Waals surface area contributed by atoms with Crippen molar-refractivity contribution >= 4 is 28.8 Å². The van der Waals surface area contributed by atoms with Crippen molar-refractivity contribution < 1.29 is 9.90 Å². The summed E-state index contributed by atoms with van der Waals surface area (Å²) >= 11 is 7.27. The first kappa shape index (κ1) is 17.5. The summed E-state index contributed by atoms with van der Waals surface area (Å²) in [6.45, 7) is 1.49. The van der Waals surface area contributed by atoms with Crippen LogP contribution < -0.4 is 0 Å². The third-order valence-electron chi connectivity index (χ3n) is 4.85. The number of aliphatic hydroxyl groups is 1. The van der Waals surface area contributed by atoms with Crippen LogP contribution in [0.1, 0.15) is 34.5 Å². The molecule has 0 aliphatic carbocycles. The average molecular weight is 364 g/mol. The lowest BCUT2D eigenvalue weighted by Gasteiger charge is -2.42. The van der Waals surface area contributed by atoms with Crippen molar-refractivity contribution in [1.82, 2.24) is 4.90 Å². The van der Waals surface area contributed by atoms with Crippen molar-refractivity contribution in [3.63, 3.8) is 0 Å². The molecule has 24 heavy (non-hydrogen) atoms. The Labute approximate surface area is 151 Å². The van der Waals surface area contributed by atoms with Gasteiger partial charge in [0.25, 0.3) is 5.91 Å². The highest BCUT2D eigenvalue weighted by molar-refractivity contribution is 7.17. The second-order valence-corrected chi connectivity index (χ2v) is 8.29. The highest BCUT2D eigenvalue weighted by Crippen LogP contribution is 2.35. The fourth-order valence-corrected chi connectivity index (χ4v) is 4.44. The van der Waals surface area contributed by atoms with Crippen molar-refractivity contribution in [2.75, 3.05) is 19.7 Å². The second kappa shape index (κ2) is 7.68. The van der Waals surface area contributed by atoms with E-state index in [1.807, 2.05) is 23.1 Å². The van der Waals surface area contributed by atoms with E-state index in [4.69, 9.17) is 11.6 Å². The summed E-state index contributed by atoms with van der Waals surface area (Å²) in [6.07, 6.45) is 3.71. The van der Waals surface area contributed by atoms with Crippen LogP contribution in [-0.2, 0) is 6.42 Å². The maximum atomic E-state index is 12.7. The quantitative estimate of drug-likeness (QED) is 0.862. The van der Waals surface area contributed by atoms with Gasteiger partial charge in [-0.05, 0) is 43.4 Å². The molecule has 0 saturated carbocycles. The van der Waals surface area contributed by atoms with Crippen molar-refractivity contribution in [1.29, 1.82) is 0 Å². The average Bonchev–Trinajstić information content (AvgIpc) is 3.07. The van der Waals surface area contributed by atoms with Gasteiger partial charge in [0.2, 0.25) is 0 Å². The molecule has 1 atom stereocenters. The van der Waals surface area contributed by atoms with Gasteiger partial charge < -0.3 is 10.0 Å². The molecule has 1 aliphatic rings. The topological polar surface area (TPSA) is 40.5 Å². The minimum atomic E-state index is -0.204. The zero-order valence-electron chi connectivity index (χ0n) is 13.6. The molecule has 0 spiro atoms. The Hall–Kier alpha value is -1.36.